The molecule has 0 atom stereocenters. The average Bonchev–Trinajstić information content (AvgIpc) is 2.34. The maximum absolute atomic E-state index is 11.2. The van der Waals surface area contributed by atoms with Crippen LogP contribution in [0.3, 0.4) is 0 Å². The molecular weight excluding hydrogens is 202 g/mol. The zero-order chi connectivity index (χ0) is 10.7. The molecule has 14 heavy (non-hydrogen) atoms. The van der Waals surface area contributed by atoms with Crippen molar-refractivity contribution < 1.29 is 14.4 Å². The lowest BCUT2D eigenvalue weighted by Crippen LogP contribution is -2.30. The zero-order valence-corrected chi connectivity index (χ0v) is 8.73. The van der Waals surface area contributed by atoms with Gasteiger partial charge >= 0.3 is 0 Å². The van der Waals surface area contributed by atoms with Gasteiger partial charge in [0.05, 0.1) is 6.54 Å². The van der Waals surface area contributed by atoms with Gasteiger partial charge in [0.1, 0.15) is 0 Å². The number of thioether (sulfide) groups is 1. The fourth-order valence-corrected chi connectivity index (χ4v) is 1.81. The van der Waals surface area contributed by atoms with Crippen LogP contribution in [0.5, 0.6) is 0 Å². The smallest absolute Gasteiger partial charge is 0.230 e. The Morgan fingerprint density at radius 2 is 1.93 bits per heavy atom. The molecule has 1 aliphatic heterocycles. The van der Waals surface area contributed by atoms with E-state index in [9.17, 15) is 14.4 Å². The van der Waals surface area contributed by atoms with Crippen LogP contribution in [0.4, 0.5) is 0 Å². The summed E-state index contributed by atoms with van der Waals surface area (Å²) in [6.45, 7) is 5.20. The molecule has 2 amide bonds. The van der Waals surface area contributed by atoms with Crippen LogP contribution in [0.25, 0.3) is 0 Å². The van der Waals surface area contributed by atoms with E-state index in [1.807, 2.05) is 0 Å². The number of amides is 2. The van der Waals surface area contributed by atoms with Gasteiger partial charge in [0.15, 0.2) is 5.12 Å². The minimum absolute atomic E-state index is 0.0888. The van der Waals surface area contributed by atoms with Crippen LogP contribution in [0.1, 0.15) is 19.8 Å². The maximum Gasteiger partial charge on any atom is 0.230 e. The summed E-state index contributed by atoms with van der Waals surface area (Å²) in [6.07, 6.45) is 0.549. The fraction of sp³-hybridized carbons (Fsp3) is 0.444. The lowest BCUT2D eigenvalue weighted by atomic mass is 10.4. The molecule has 0 aliphatic carbocycles. The summed E-state index contributed by atoms with van der Waals surface area (Å²) in [4.78, 5) is 34.7. The first-order valence-corrected chi connectivity index (χ1v) is 5.01. The predicted octanol–water partition coefficient (Wildman–Crippen LogP) is 0.929. The third-order valence-corrected chi connectivity index (χ3v) is 2.48. The Balaban J connectivity index is 2.51. The Kier molecular flexibility index (Phi) is 3.46. The Bertz CT molecular complexity index is 295. The van der Waals surface area contributed by atoms with E-state index in [-0.39, 0.29) is 36.3 Å². The third-order valence-electron chi connectivity index (χ3n) is 1.78. The molecule has 0 aromatic carbocycles. The second-order valence-electron chi connectivity index (χ2n) is 3.01. The highest BCUT2D eigenvalue weighted by molar-refractivity contribution is 8.16. The first kappa shape index (κ1) is 11.0. The van der Waals surface area contributed by atoms with Crippen LogP contribution >= 0.6 is 11.8 Å². The van der Waals surface area contributed by atoms with Crippen LogP contribution in [0.2, 0.25) is 0 Å². The molecule has 4 nitrogen and oxygen atoms in total. The van der Waals surface area contributed by atoms with Crippen molar-refractivity contribution in [1.82, 2.24) is 4.90 Å². The largest absolute Gasteiger partial charge is 0.287 e. The van der Waals surface area contributed by atoms with Gasteiger partial charge in [-0.05, 0) is 0 Å². The SMILES string of the molecule is C=C(CN1C(=O)CCC1=O)SC(C)=O. The van der Waals surface area contributed by atoms with Gasteiger partial charge in [0, 0.05) is 24.7 Å². The Morgan fingerprint density at radius 1 is 1.43 bits per heavy atom. The number of nitrogens with zero attached hydrogens (tertiary/aromatic N) is 1. The topological polar surface area (TPSA) is 54.5 Å². The Hall–Kier alpha value is -1.10. The molecule has 5 heteroatoms. The number of carbonyl (C=O) groups excluding carboxylic acids is 3. The molecule has 0 aromatic rings. The van der Waals surface area contributed by atoms with Gasteiger partial charge in [-0.3, -0.25) is 19.3 Å². The summed E-state index contributed by atoms with van der Waals surface area (Å²) < 4.78 is 0. The third kappa shape index (κ3) is 2.70. The first-order chi connectivity index (χ1) is 6.50. The van der Waals surface area contributed by atoms with Gasteiger partial charge in [0.25, 0.3) is 0 Å². The molecule has 1 heterocycles. The molecule has 0 unspecified atom stereocenters. The molecule has 1 saturated heterocycles. The van der Waals surface area contributed by atoms with Crippen molar-refractivity contribution in [2.75, 3.05) is 6.54 Å². The molecule has 76 valence electrons. The van der Waals surface area contributed by atoms with Gasteiger partial charge < -0.3 is 0 Å². The second kappa shape index (κ2) is 4.41. The summed E-state index contributed by atoms with van der Waals surface area (Å²) in [6, 6.07) is 0. The van der Waals surface area contributed by atoms with Crippen molar-refractivity contribution in [2.24, 2.45) is 0 Å². The summed E-state index contributed by atoms with van der Waals surface area (Å²) in [5.74, 6) is -0.361. The van der Waals surface area contributed by atoms with Crippen molar-refractivity contribution in [2.45, 2.75) is 19.8 Å². The predicted molar refractivity (Wildman–Crippen MR) is 53.4 cm³/mol. The summed E-state index contributed by atoms with van der Waals surface area (Å²) in [7, 11) is 0. The number of likely N-dealkylation sites (tertiary alicyclic amines) is 1. The number of imide groups is 1. The van der Waals surface area contributed by atoms with Gasteiger partial charge in [0.2, 0.25) is 11.8 Å². The highest BCUT2D eigenvalue weighted by Gasteiger charge is 2.29. The highest BCUT2D eigenvalue weighted by atomic mass is 32.2. The molecule has 0 aromatic heterocycles. The van der Waals surface area contributed by atoms with Crippen LogP contribution in [-0.4, -0.2) is 28.4 Å². The van der Waals surface area contributed by atoms with E-state index < -0.39 is 0 Å². The van der Waals surface area contributed by atoms with Crippen LogP contribution in [0.15, 0.2) is 11.5 Å². The highest BCUT2D eigenvalue weighted by Crippen LogP contribution is 2.19. The van der Waals surface area contributed by atoms with Crippen molar-refractivity contribution in [3.05, 3.63) is 11.5 Å². The van der Waals surface area contributed by atoms with Gasteiger partial charge in [-0.1, -0.05) is 18.3 Å². The van der Waals surface area contributed by atoms with Crippen molar-refractivity contribution in [3.8, 4) is 0 Å². The fourth-order valence-electron chi connectivity index (χ4n) is 1.21. The molecule has 0 bridgehead atoms. The quantitative estimate of drug-likeness (QED) is 0.654. The molecule has 0 N–H and O–H groups in total. The number of rotatable bonds is 3. The van der Waals surface area contributed by atoms with Crippen molar-refractivity contribution in [3.63, 3.8) is 0 Å². The molecule has 0 radical (unpaired) electrons. The zero-order valence-electron chi connectivity index (χ0n) is 7.91. The standard InChI is InChI=1S/C9H11NO3S/c1-6(14-7(2)11)5-10-8(12)3-4-9(10)13/h1,3-5H2,2H3. The van der Waals surface area contributed by atoms with Crippen LogP contribution in [0, 0.1) is 0 Å². The average molecular weight is 213 g/mol. The molecular formula is C9H11NO3S. The van der Waals surface area contributed by atoms with E-state index in [1.54, 1.807) is 0 Å². The lowest BCUT2D eigenvalue weighted by Gasteiger charge is -2.13. The lowest BCUT2D eigenvalue weighted by molar-refractivity contribution is -0.137. The number of hydrogen-bond donors (Lipinski definition) is 0. The van der Waals surface area contributed by atoms with Gasteiger partial charge in [-0.15, -0.1) is 0 Å². The molecule has 1 aliphatic rings. The molecule has 1 rings (SSSR count). The second-order valence-corrected chi connectivity index (χ2v) is 4.36. The van der Waals surface area contributed by atoms with Crippen molar-refractivity contribution in [1.29, 1.82) is 0 Å². The normalized spacial score (nSPS) is 16.2. The van der Waals surface area contributed by atoms with E-state index in [0.29, 0.717) is 4.91 Å². The summed E-state index contributed by atoms with van der Waals surface area (Å²) in [5, 5.41) is -0.0888. The first-order valence-electron chi connectivity index (χ1n) is 4.20. The molecule has 0 saturated carbocycles. The van der Waals surface area contributed by atoms with Gasteiger partial charge in [-0.2, -0.15) is 0 Å². The van der Waals surface area contributed by atoms with Crippen LogP contribution in [-0.2, 0) is 14.4 Å². The number of carbonyl (C=O) groups is 3. The Morgan fingerprint density at radius 3 is 2.36 bits per heavy atom. The summed E-state index contributed by atoms with van der Waals surface area (Å²) >= 11 is 0.966. The van der Waals surface area contributed by atoms with E-state index in [1.165, 1.54) is 6.92 Å². The minimum atomic E-state index is -0.180. The molecule has 0 spiro atoms. The van der Waals surface area contributed by atoms with E-state index >= 15 is 0 Å². The monoisotopic (exact) mass is 213 g/mol. The maximum atomic E-state index is 11.2. The van der Waals surface area contributed by atoms with E-state index in [4.69, 9.17) is 0 Å². The van der Waals surface area contributed by atoms with Crippen LogP contribution < -0.4 is 0 Å². The van der Waals surface area contributed by atoms with Gasteiger partial charge in [-0.25, -0.2) is 0 Å². The number of hydrogen-bond acceptors (Lipinski definition) is 4. The minimum Gasteiger partial charge on any atom is -0.287 e. The van der Waals surface area contributed by atoms with E-state index in [0.717, 1.165) is 16.7 Å². The Labute approximate surface area is 86.3 Å². The van der Waals surface area contributed by atoms with E-state index in [2.05, 4.69) is 6.58 Å². The molecule has 1 fully saturated rings. The summed E-state index contributed by atoms with van der Waals surface area (Å²) in [5.41, 5.74) is 0. The van der Waals surface area contributed by atoms with Crippen molar-refractivity contribution >= 4 is 28.7 Å².